The number of hydrogen-bond acceptors (Lipinski definition) is 5. The van der Waals surface area contributed by atoms with Crippen molar-refractivity contribution in [2.24, 2.45) is 0 Å². The van der Waals surface area contributed by atoms with Crippen LogP contribution in [0.15, 0.2) is 60.7 Å². The molecule has 2 rings (SSSR count). The second-order valence-electron chi connectivity index (χ2n) is 6.26. The van der Waals surface area contributed by atoms with E-state index >= 15 is 0 Å². The molecule has 5 nitrogen and oxygen atoms in total. The minimum absolute atomic E-state index is 0.149. The Balaban J connectivity index is 2.18. The topological polar surface area (TPSA) is 78.8 Å². The molecule has 0 aliphatic carbocycles. The molecule has 0 aliphatic heterocycles. The highest BCUT2D eigenvalue weighted by Gasteiger charge is 2.24. The Morgan fingerprint density at radius 3 is 2.00 bits per heavy atom. The Bertz CT molecular complexity index is 608. The minimum atomic E-state index is -0.757. The van der Waals surface area contributed by atoms with Gasteiger partial charge in [0.1, 0.15) is 6.04 Å². The van der Waals surface area contributed by atoms with Crippen molar-refractivity contribution < 1.29 is 19.7 Å². The van der Waals surface area contributed by atoms with Gasteiger partial charge in [-0.1, -0.05) is 60.7 Å². The number of carbonyl (C=O) groups excluding carboxylic acids is 1. The van der Waals surface area contributed by atoms with Crippen molar-refractivity contribution >= 4 is 5.97 Å². The van der Waals surface area contributed by atoms with Crippen LogP contribution in [0.25, 0.3) is 0 Å². The largest absolute Gasteiger partial charge is 0.468 e. The maximum Gasteiger partial charge on any atom is 0.322 e. The quantitative estimate of drug-likeness (QED) is 0.569. The first-order chi connectivity index (χ1) is 12.7. The summed E-state index contributed by atoms with van der Waals surface area (Å²) >= 11 is 0. The van der Waals surface area contributed by atoms with E-state index in [0.717, 1.165) is 11.1 Å². The van der Waals surface area contributed by atoms with Crippen LogP contribution in [0.1, 0.15) is 36.4 Å². The van der Waals surface area contributed by atoms with Gasteiger partial charge in [0.05, 0.1) is 25.9 Å². The van der Waals surface area contributed by atoms with E-state index in [-0.39, 0.29) is 18.6 Å². The first kappa shape index (κ1) is 20.1. The highest BCUT2D eigenvalue weighted by atomic mass is 16.5. The number of hydrogen-bond donors (Lipinski definition) is 3. The van der Waals surface area contributed by atoms with Crippen LogP contribution in [0.2, 0.25) is 0 Å². The fourth-order valence-corrected chi connectivity index (χ4v) is 2.94. The van der Waals surface area contributed by atoms with Gasteiger partial charge in [-0.3, -0.25) is 10.1 Å². The summed E-state index contributed by atoms with van der Waals surface area (Å²) in [6.07, 6.45) is 0.796. The normalized spacial score (nSPS) is 13.4. The van der Waals surface area contributed by atoms with Gasteiger partial charge in [-0.05, 0) is 30.4 Å². The molecule has 5 heteroatoms. The third-order valence-corrected chi connectivity index (χ3v) is 4.36. The second-order valence-corrected chi connectivity index (χ2v) is 6.26. The summed E-state index contributed by atoms with van der Waals surface area (Å²) in [5.74, 6) is -0.333. The van der Waals surface area contributed by atoms with Gasteiger partial charge in [0.2, 0.25) is 0 Å². The van der Waals surface area contributed by atoms with Gasteiger partial charge in [-0.25, -0.2) is 0 Å². The fraction of sp³-hybridized carbons (Fsp3) is 0.381. The van der Waals surface area contributed by atoms with Crippen molar-refractivity contribution in [3.8, 4) is 0 Å². The summed E-state index contributed by atoms with van der Waals surface area (Å²) in [6.45, 7) is -0.271. The lowest BCUT2D eigenvalue weighted by molar-refractivity contribution is -0.143. The Kier molecular flexibility index (Phi) is 8.28. The smallest absolute Gasteiger partial charge is 0.322 e. The van der Waals surface area contributed by atoms with Gasteiger partial charge in [0.15, 0.2) is 0 Å². The number of benzene rings is 2. The Morgan fingerprint density at radius 2 is 1.54 bits per heavy atom. The molecule has 0 spiro atoms. The monoisotopic (exact) mass is 357 g/mol. The number of carbonyl (C=O) groups is 1. The Morgan fingerprint density at radius 1 is 1.00 bits per heavy atom. The van der Waals surface area contributed by atoms with E-state index in [0.29, 0.717) is 19.3 Å². The van der Waals surface area contributed by atoms with E-state index in [1.54, 1.807) is 0 Å². The summed E-state index contributed by atoms with van der Waals surface area (Å²) in [6, 6.07) is 19.2. The third kappa shape index (κ3) is 5.95. The number of nitrogens with one attached hydrogen (secondary N) is 1. The van der Waals surface area contributed by atoms with Crippen LogP contribution in [0.4, 0.5) is 0 Å². The summed E-state index contributed by atoms with van der Waals surface area (Å²) < 4.78 is 4.96. The number of methoxy groups -OCH3 is 1. The zero-order valence-corrected chi connectivity index (χ0v) is 15.0. The highest BCUT2D eigenvalue weighted by molar-refractivity contribution is 5.75. The molecule has 0 aliphatic rings. The summed E-state index contributed by atoms with van der Waals surface area (Å²) in [7, 11) is 1.37. The van der Waals surface area contributed by atoms with Crippen LogP contribution in [0.3, 0.4) is 0 Å². The van der Waals surface area contributed by atoms with Crippen molar-refractivity contribution in [2.75, 3.05) is 13.7 Å². The summed E-state index contributed by atoms with van der Waals surface area (Å²) in [5.41, 5.74) is 2.12. The summed E-state index contributed by atoms with van der Waals surface area (Å²) in [4.78, 5) is 12.3. The number of aliphatic hydroxyl groups is 2. The highest BCUT2D eigenvalue weighted by Crippen LogP contribution is 2.23. The van der Waals surface area contributed by atoms with Gasteiger partial charge >= 0.3 is 5.97 Å². The molecule has 3 N–H and O–H groups in total. The molecule has 0 aromatic heterocycles. The molecule has 0 saturated heterocycles. The predicted octanol–water partition coefficient (Wildman–Crippen LogP) is 2.43. The molecular weight excluding hydrogens is 330 g/mol. The number of ether oxygens (including phenoxy) is 1. The zero-order valence-electron chi connectivity index (χ0n) is 15.0. The third-order valence-electron chi connectivity index (χ3n) is 4.36. The van der Waals surface area contributed by atoms with Crippen molar-refractivity contribution in [3.05, 3.63) is 71.8 Å². The maximum atomic E-state index is 12.3. The molecule has 26 heavy (non-hydrogen) atoms. The van der Waals surface area contributed by atoms with E-state index in [9.17, 15) is 9.90 Å². The molecule has 0 heterocycles. The number of aliphatic hydroxyl groups excluding tert-OH is 2. The molecular formula is C21H27NO4. The zero-order chi connectivity index (χ0) is 18.8. The lowest BCUT2D eigenvalue weighted by Gasteiger charge is -2.25. The lowest BCUT2D eigenvalue weighted by Crippen LogP contribution is -2.40. The van der Waals surface area contributed by atoms with Crippen molar-refractivity contribution in [2.45, 2.75) is 37.5 Å². The van der Waals surface area contributed by atoms with Crippen LogP contribution in [0.5, 0.6) is 0 Å². The predicted molar refractivity (Wildman–Crippen MR) is 101 cm³/mol. The molecule has 2 aromatic rings. The molecule has 2 aromatic carbocycles. The van der Waals surface area contributed by atoms with E-state index in [4.69, 9.17) is 9.84 Å². The van der Waals surface area contributed by atoms with Gasteiger partial charge in [-0.2, -0.15) is 0 Å². The molecule has 0 amide bonds. The van der Waals surface area contributed by atoms with Gasteiger partial charge in [0, 0.05) is 0 Å². The van der Waals surface area contributed by atoms with Crippen LogP contribution < -0.4 is 5.32 Å². The fourth-order valence-electron chi connectivity index (χ4n) is 2.94. The first-order valence-corrected chi connectivity index (χ1v) is 8.88. The Labute approximate surface area is 154 Å². The summed E-state index contributed by atoms with van der Waals surface area (Å²) in [5, 5.41) is 21.9. The number of rotatable bonds is 10. The minimum Gasteiger partial charge on any atom is -0.468 e. The SMILES string of the molecule is COC(=O)[C@H](CCC[C@H](O)CO)NC(c1ccccc1)c1ccccc1. The Hall–Kier alpha value is -2.21. The van der Waals surface area contributed by atoms with E-state index in [1.807, 2.05) is 60.7 Å². The van der Waals surface area contributed by atoms with Gasteiger partial charge < -0.3 is 14.9 Å². The molecule has 2 atom stereocenters. The average molecular weight is 357 g/mol. The van der Waals surface area contributed by atoms with Crippen LogP contribution >= 0.6 is 0 Å². The maximum absolute atomic E-state index is 12.3. The first-order valence-electron chi connectivity index (χ1n) is 8.88. The van der Waals surface area contributed by atoms with Crippen molar-refractivity contribution in [3.63, 3.8) is 0 Å². The molecule has 0 bridgehead atoms. The van der Waals surface area contributed by atoms with Gasteiger partial charge in [0.25, 0.3) is 0 Å². The van der Waals surface area contributed by atoms with E-state index < -0.39 is 12.1 Å². The van der Waals surface area contributed by atoms with Gasteiger partial charge in [-0.15, -0.1) is 0 Å². The van der Waals surface area contributed by atoms with Crippen molar-refractivity contribution in [1.82, 2.24) is 5.32 Å². The van der Waals surface area contributed by atoms with Crippen LogP contribution in [-0.4, -0.2) is 42.0 Å². The molecule has 0 fully saturated rings. The standard InChI is InChI=1S/C21H27NO4/c1-26-21(25)19(14-8-13-18(24)15-23)22-20(16-9-4-2-5-10-16)17-11-6-3-7-12-17/h2-7,9-12,18-20,22-24H,8,13-15H2,1H3/t18-,19-/m0/s1. The average Bonchev–Trinajstić information content (AvgIpc) is 2.71. The van der Waals surface area contributed by atoms with E-state index in [2.05, 4.69) is 5.32 Å². The van der Waals surface area contributed by atoms with E-state index in [1.165, 1.54) is 7.11 Å². The molecule has 0 saturated carbocycles. The lowest BCUT2D eigenvalue weighted by atomic mass is 9.96. The van der Waals surface area contributed by atoms with Crippen molar-refractivity contribution in [1.29, 1.82) is 0 Å². The molecule has 0 radical (unpaired) electrons. The second kappa shape index (κ2) is 10.7. The van der Waals surface area contributed by atoms with Crippen LogP contribution in [0, 0.1) is 0 Å². The molecule has 140 valence electrons. The number of esters is 1. The van der Waals surface area contributed by atoms with Crippen LogP contribution in [-0.2, 0) is 9.53 Å². The molecule has 0 unspecified atom stereocenters.